The van der Waals surface area contributed by atoms with E-state index in [9.17, 15) is 19.6 Å². The van der Waals surface area contributed by atoms with Crippen molar-refractivity contribution in [1.29, 1.82) is 0 Å². The summed E-state index contributed by atoms with van der Waals surface area (Å²) in [6, 6.07) is 12.0. The first-order chi connectivity index (χ1) is 28.7. The van der Waals surface area contributed by atoms with Crippen LogP contribution in [0, 0.1) is 6.92 Å². The molecule has 5 heterocycles. The molecule has 3 fully saturated rings. The minimum absolute atomic E-state index is 0.120. The number of nitrogens with zero attached hydrogens (tertiary/aromatic N) is 4. The molecule has 0 saturated carbocycles. The second kappa shape index (κ2) is 17.0. The molecule has 3 aromatic rings. The molecule has 0 bridgehead atoms. The molecule has 2 amide bonds. The van der Waals surface area contributed by atoms with Gasteiger partial charge in [-0.2, -0.15) is 0 Å². The van der Waals surface area contributed by atoms with Gasteiger partial charge in [-0.15, -0.1) is 0 Å². The van der Waals surface area contributed by atoms with Crippen molar-refractivity contribution in [1.82, 2.24) is 9.80 Å². The van der Waals surface area contributed by atoms with Gasteiger partial charge in [0.2, 0.25) is 0 Å². The summed E-state index contributed by atoms with van der Waals surface area (Å²) >= 11 is 6.67. The van der Waals surface area contributed by atoms with Crippen LogP contribution in [0.2, 0.25) is 18.7 Å². The van der Waals surface area contributed by atoms with Crippen LogP contribution in [0.25, 0.3) is 0 Å². The Morgan fingerprint density at radius 3 is 2.00 bits per heavy atom. The van der Waals surface area contributed by atoms with Crippen LogP contribution in [-0.2, 0) is 22.7 Å². The average Bonchev–Trinajstić information content (AvgIpc) is 3.77. The van der Waals surface area contributed by atoms with Crippen LogP contribution in [0.15, 0.2) is 66.8 Å². The molecule has 0 radical (unpaired) electrons. The largest absolute Gasteiger partial charge is 0.493 e. The highest BCUT2D eigenvalue weighted by atomic mass is 35.5. The summed E-state index contributed by atoms with van der Waals surface area (Å²) in [6.45, 7) is 17.4. The molecule has 2 N–H and O–H groups in total. The Labute approximate surface area is 357 Å². The summed E-state index contributed by atoms with van der Waals surface area (Å²) in [4.78, 5) is 35.3. The molecule has 316 valence electrons. The fraction of sp³-hybridized carbons (Fsp3) is 0.455. The van der Waals surface area contributed by atoms with Crippen LogP contribution in [0.3, 0.4) is 0 Å². The minimum Gasteiger partial charge on any atom is -0.493 e. The fourth-order valence-corrected chi connectivity index (χ4v) is 9.82. The van der Waals surface area contributed by atoms with E-state index in [1.165, 1.54) is 7.11 Å². The molecule has 8 rings (SSSR count). The number of anilines is 2. The Balaban J connectivity index is 1.04. The Morgan fingerprint density at radius 1 is 0.800 bits per heavy atom. The third-order valence-corrected chi connectivity index (χ3v) is 12.6. The first-order valence-corrected chi connectivity index (χ1v) is 21.2. The molecule has 5 aliphatic heterocycles. The molecule has 3 aromatic carbocycles. The number of hydrogen-bond donors (Lipinski definition) is 2. The number of fused-ring (bicyclic) bond motifs is 4. The molecule has 1 unspecified atom stereocenters. The predicted octanol–water partition coefficient (Wildman–Crippen LogP) is 6.47. The second-order valence-electron chi connectivity index (χ2n) is 16.8. The third-order valence-electron chi connectivity index (χ3n) is 12.3. The van der Waals surface area contributed by atoms with Crippen LogP contribution in [0.5, 0.6) is 17.2 Å². The van der Waals surface area contributed by atoms with Gasteiger partial charge in [0.05, 0.1) is 30.3 Å². The number of carbonyl (C=O) groups excluding carboxylic acids is 2. The maximum atomic E-state index is 14.2. The van der Waals surface area contributed by atoms with Gasteiger partial charge in [0.1, 0.15) is 25.2 Å². The fourth-order valence-electron chi connectivity index (χ4n) is 9.54. The van der Waals surface area contributed by atoms with E-state index < -0.39 is 26.6 Å². The van der Waals surface area contributed by atoms with E-state index in [2.05, 4.69) is 13.2 Å². The number of amides is 2. The van der Waals surface area contributed by atoms with Gasteiger partial charge in [0, 0.05) is 54.3 Å². The maximum absolute atomic E-state index is 14.2. The highest BCUT2D eigenvalue weighted by molar-refractivity contribution is 6.54. The normalized spacial score (nSPS) is 23.8. The summed E-state index contributed by atoms with van der Waals surface area (Å²) in [6.07, 6.45) is 2.75. The summed E-state index contributed by atoms with van der Waals surface area (Å²) < 4.78 is 31.2. The number of methoxy groups -OCH3 is 1. The van der Waals surface area contributed by atoms with Gasteiger partial charge in [0.15, 0.2) is 17.8 Å². The zero-order valence-electron chi connectivity index (χ0n) is 35.0. The van der Waals surface area contributed by atoms with Gasteiger partial charge in [-0.1, -0.05) is 35.9 Å². The van der Waals surface area contributed by atoms with Gasteiger partial charge in [0.25, 0.3) is 11.8 Å². The standard InChI is InChI=1S/C44H53B2ClN4O9/c1-25-12-34-28(4)50(45(5)54)35-20-40(39(56-7)18-33(35)43(53)48(34)21-25)59-24-30-15-29(16-31(47)17-30)23-58-38-19-36-32(14-27(38)3)42(52)49-22-26(2)13-37(49)44(51(36)46(6)55)60-41-10-8-9-11-57-41/h14-20,28,34,37,41,44,54-55H,1-2,8-13,21-24H2,3-7H3/t28-,34-,37-,41?,44-/m0/s1. The first-order valence-electron chi connectivity index (χ1n) is 20.8. The van der Waals surface area contributed by atoms with Crippen LogP contribution in [0.4, 0.5) is 11.4 Å². The van der Waals surface area contributed by atoms with Gasteiger partial charge in [-0.25, -0.2) is 0 Å². The number of ether oxygens (including phenoxy) is 5. The number of carbonyl (C=O) groups is 2. The van der Waals surface area contributed by atoms with Crippen LogP contribution >= 0.6 is 11.6 Å². The van der Waals surface area contributed by atoms with E-state index in [0.717, 1.165) is 47.1 Å². The van der Waals surface area contributed by atoms with E-state index in [1.54, 1.807) is 35.5 Å². The van der Waals surface area contributed by atoms with Crippen molar-refractivity contribution >= 4 is 48.9 Å². The van der Waals surface area contributed by atoms with E-state index in [4.69, 9.17) is 35.3 Å². The first kappa shape index (κ1) is 42.0. The van der Waals surface area contributed by atoms with Crippen molar-refractivity contribution in [2.45, 2.75) is 103 Å². The Morgan fingerprint density at radius 2 is 1.38 bits per heavy atom. The average molecular weight is 839 g/mol. The smallest absolute Gasteiger partial charge is 0.411 e. The molecule has 5 atom stereocenters. The summed E-state index contributed by atoms with van der Waals surface area (Å²) in [5.41, 5.74) is 6.18. The van der Waals surface area contributed by atoms with Gasteiger partial charge in [-0.3, -0.25) is 9.59 Å². The minimum atomic E-state index is -1.000. The number of benzene rings is 3. The molecule has 3 saturated heterocycles. The SMILES string of the molecule is C=C1C[C@H]2[C@H](C)N(B(C)O)c3cc(OCc4cc(Cl)cc(COc5cc6c(cc5C)C(=O)N5CC(=C)C[C@H]5[C@H](OC5CCCCO5)N6B(C)O)c4)c(OC)cc3C(=O)N2C1. The molecule has 16 heteroatoms. The van der Waals surface area contributed by atoms with Gasteiger partial charge in [-0.05, 0) is 107 Å². The van der Waals surface area contributed by atoms with Crippen LogP contribution < -0.4 is 23.8 Å². The van der Waals surface area contributed by atoms with Crippen molar-refractivity contribution in [2.24, 2.45) is 0 Å². The third kappa shape index (κ3) is 7.98. The number of hydrogen-bond acceptors (Lipinski definition) is 11. The Kier molecular flexibility index (Phi) is 11.9. The van der Waals surface area contributed by atoms with Crippen molar-refractivity contribution < 1.29 is 43.3 Å². The summed E-state index contributed by atoms with van der Waals surface area (Å²) in [7, 11) is -0.348. The van der Waals surface area contributed by atoms with E-state index in [1.807, 2.05) is 53.9 Å². The Hall–Kier alpha value is -4.66. The molecule has 5 aliphatic rings. The molecule has 0 spiro atoms. The molecule has 0 aromatic heterocycles. The quantitative estimate of drug-likeness (QED) is 0.163. The molecule has 0 aliphatic carbocycles. The van der Waals surface area contributed by atoms with Crippen molar-refractivity contribution in [3.63, 3.8) is 0 Å². The lowest BCUT2D eigenvalue weighted by molar-refractivity contribution is -0.194. The van der Waals surface area contributed by atoms with Crippen molar-refractivity contribution in [2.75, 3.05) is 36.4 Å². The van der Waals surface area contributed by atoms with Gasteiger partial charge < -0.3 is 53.2 Å². The maximum Gasteiger partial charge on any atom is 0.411 e. The lowest BCUT2D eigenvalue weighted by Gasteiger charge is -2.40. The number of rotatable bonds is 11. The van der Waals surface area contributed by atoms with Crippen LogP contribution in [0.1, 0.15) is 76.4 Å². The van der Waals surface area contributed by atoms with Gasteiger partial charge >= 0.3 is 14.1 Å². The van der Waals surface area contributed by atoms with Crippen LogP contribution in [-0.4, -0.2) is 103 Å². The van der Waals surface area contributed by atoms with E-state index >= 15 is 0 Å². The monoisotopic (exact) mass is 838 g/mol. The zero-order valence-corrected chi connectivity index (χ0v) is 35.7. The molecular formula is C44H53B2ClN4O9. The summed E-state index contributed by atoms with van der Waals surface area (Å²) in [5.74, 6) is 1.04. The van der Waals surface area contributed by atoms with E-state index in [-0.39, 0.29) is 43.2 Å². The number of halogens is 1. The van der Waals surface area contributed by atoms with E-state index in [0.29, 0.717) is 77.3 Å². The number of aryl methyl sites for hydroxylation is 1. The van der Waals surface area contributed by atoms with Crippen molar-refractivity contribution in [3.05, 3.63) is 99.6 Å². The molecule has 60 heavy (non-hydrogen) atoms. The summed E-state index contributed by atoms with van der Waals surface area (Å²) in [5, 5.41) is 22.8. The predicted molar refractivity (Wildman–Crippen MR) is 232 cm³/mol. The Bertz CT molecular complexity index is 2200. The second-order valence-corrected chi connectivity index (χ2v) is 17.2. The molecular weight excluding hydrogens is 786 g/mol. The molecule has 13 nitrogen and oxygen atoms in total. The zero-order chi connectivity index (χ0) is 42.6. The highest BCUT2D eigenvalue weighted by Gasteiger charge is 2.48. The highest BCUT2D eigenvalue weighted by Crippen LogP contribution is 2.44. The lowest BCUT2D eigenvalue weighted by atomic mass is 9.80. The lowest BCUT2D eigenvalue weighted by Crippen LogP contribution is -2.56. The topological polar surface area (TPSA) is 134 Å². The van der Waals surface area contributed by atoms with Crippen molar-refractivity contribution in [3.8, 4) is 17.2 Å².